The van der Waals surface area contributed by atoms with Crippen molar-refractivity contribution in [2.45, 2.75) is 0 Å². The summed E-state index contributed by atoms with van der Waals surface area (Å²) in [6.45, 7) is 0. The van der Waals surface area contributed by atoms with Crippen LogP contribution in [0, 0.1) is 17.5 Å². The molecule has 2 N–H and O–H groups in total. The average molecular weight is 264 g/mol. The second-order valence-corrected chi connectivity index (χ2v) is 3.99. The molecule has 0 aliphatic heterocycles. The Balaban J connectivity index is 2.24. The van der Waals surface area contributed by atoms with Crippen LogP contribution in [0.2, 0.25) is 0 Å². The zero-order valence-electron chi connectivity index (χ0n) is 9.45. The van der Waals surface area contributed by atoms with E-state index in [0.717, 1.165) is 0 Å². The molecule has 0 atom stereocenters. The molecule has 0 bridgehead atoms. The summed E-state index contributed by atoms with van der Waals surface area (Å²) in [5.41, 5.74) is 6.22. The van der Waals surface area contributed by atoms with Crippen molar-refractivity contribution in [3.05, 3.63) is 47.8 Å². The van der Waals surface area contributed by atoms with E-state index >= 15 is 0 Å². The lowest BCUT2D eigenvalue weighted by atomic mass is 10.2. The van der Waals surface area contributed by atoms with E-state index in [2.05, 4.69) is 4.98 Å². The molecule has 0 unspecified atom stereocenters. The largest absolute Gasteiger partial charge is 0.436 e. The minimum atomic E-state index is -1.07. The maximum Gasteiger partial charge on any atom is 0.233 e. The summed E-state index contributed by atoms with van der Waals surface area (Å²) in [6.07, 6.45) is 0. The van der Waals surface area contributed by atoms with E-state index in [-0.39, 0.29) is 5.89 Å². The lowest BCUT2D eigenvalue weighted by Gasteiger charge is -2.00. The lowest BCUT2D eigenvalue weighted by Crippen LogP contribution is -1.92. The molecule has 19 heavy (non-hydrogen) atoms. The third-order valence-corrected chi connectivity index (χ3v) is 2.63. The van der Waals surface area contributed by atoms with Gasteiger partial charge in [-0.15, -0.1) is 0 Å². The van der Waals surface area contributed by atoms with Crippen LogP contribution in [-0.4, -0.2) is 4.98 Å². The highest BCUT2D eigenvalue weighted by Crippen LogP contribution is 2.29. The number of benzene rings is 2. The van der Waals surface area contributed by atoms with Crippen LogP contribution >= 0.6 is 0 Å². The summed E-state index contributed by atoms with van der Waals surface area (Å²) >= 11 is 0. The third-order valence-electron chi connectivity index (χ3n) is 2.63. The van der Waals surface area contributed by atoms with Gasteiger partial charge in [0.15, 0.2) is 5.58 Å². The Morgan fingerprint density at radius 3 is 2.37 bits per heavy atom. The number of halogens is 3. The number of oxazole rings is 1. The summed E-state index contributed by atoms with van der Waals surface area (Å²) in [6, 6.07) is 5.79. The smallest absolute Gasteiger partial charge is 0.233 e. The first-order valence-corrected chi connectivity index (χ1v) is 5.35. The van der Waals surface area contributed by atoms with Gasteiger partial charge in [0.1, 0.15) is 28.5 Å². The number of nitrogens with two attached hydrogens (primary N) is 1. The van der Waals surface area contributed by atoms with Gasteiger partial charge in [0.05, 0.1) is 0 Å². The van der Waals surface area contributed by atoms with Gasteiger partial charge in [-0.3, -0.25) is 0 Å². The van der Waals surface area contributed by atoms with Crippen LogP contribution < -0.4 is 5.73 Å². The van der Waals surface area contributed by atoms with Crippen LogP contribution in [0.5, 0.6) is 0 Å². The monoisotopic (exact) mass is 264 g/mol. The Hall–Kier alpha value is -2.50. The Bertz CT molecular complexity index is 760. The first-order chi connectivity index (χ1) is 9.04. The molecule has 6 heteroatoms. The topological polar surface area (TPSA) is 52.0 Å². The standard InChI is InChI=1S/C13H7F3N2O/c14-6-3-8(15)12(9(16)4-6)13-18-10-2-1-7(17)5-11(10)19-13/h1-5H,17H2. The van der Waals surface area contributed by atoms with Crippen LogP contribution in [-0.2, 0) is 0 Å². The number of hydrogen-bond acceptors (Lipinski definition) is 3. The van der Waals surface area contributed by atoms with Crippen molar-refractivity contribution in [2.24, 2.45) is 0 Å². The van der Waals surface area contributed by atoms with Gasteiger partial charge in [-0.05, 0) is 12.1 Å². The molecule has 0 amide bonds. The van der Waals surface area contributed by atoms with Gasteiger partial charge in [-0.25, -0.2) is 18.2 Å². The van der Waals surface area contributed by atoms with Crippen molar-refractivity contribution in [2.75, 3.05) is 5.73 Å². The molecule has 96 valence electrons. The molecule has 0 spiro atoms. The highest BCUT2D eigenvalue weighted by Gasteiger charge is 2.19. The van der Waals surface area contributed by atoms with Gasteiger partial charge in [-0.2, -0.15) is 0 Å². The molecule has 1 heterocycles. The maximum absolute atomic E-state index is 13.6. The fourth-order valence-corrected chi connectivity index (χ4v) is 1.79. The number of rotatable bonds is 1. The van der Waals surface area contributed by atoms with Crippen LogP contribution in [0.15, 0.2) is 34.7 Å². The minimum absolute atomic E-state index is 0.254. The molecule has 0 fully saturated rings. The van der Waals surface area contributed by atoms with Crippen LogP contribution in [0.4, 0.5) is 18.9 Å². The summed E-state index contributed by atoms with van der Waals surface area (Å²) in [5, 5.41) is 0. The van der Waals surface area contributed by atoms with Crippen molar-refractivity contribution in [3.63, 3.8) is 0 Å². The summed E-state index contributed by atoms with van der Waals surface area (Å²) in [4.78, 5) is 3.95. The second-order valence-electron chi connectivity index (χ2n) is 3.99. The van der Waals surface area contributed by atoms with E-state index in [1.807, 2.05) is 0 Å². The molecule has 3 rings (SSSR count). The first kappa shape index (κ1) is 11.6. The minimum Gasteiger partial charge on any atom is -0.436 e. The molecule has 3 nitrogen and oxygen atoms in total. The zero-order valence-corrected chi connectivity index (χ0v) is 9.45. The summed E-state index contributed by atoms with van der Waals surface area (Å²) in [5.74, 6) is -3.40. The molecule has 0 saturated heterocycles. The predicted octanol–water partition coefficient (Wildman–Crippen LogP) is 3.49. The highest BCUT2D eigenvalue weighted by molar-refractivity contribution is 5.79. The number of aromatic nitrogens is 1. The van der Waals surface area contributed by atoms with E-state index < -0.39 is 23.0 Å². The van der Waals surface area contributed by atoms with Crippen molar-refractivity contribution in [3.8, 4) is 11.5 Å². The third kappa shape index (κ3) is 1.91. The van der Waals surface area contributed by atoms with Crippen molar-refractivity contribution >= 4 is 16.8 Å². The fourth-order valence-electron chi connectivity index (χ4n) is 1.79. The van der Waals surface area contributed by atoms with Gasteiger partial charge in [0, 0.05) is 23.9 Å². The number of nitrogens with zero attached hydrogens (tertiary/aromatic N) is 1. The maximum atomic E-state index is 13.6. The van der Waals surface area contributed by atoms with E-state index in [0.29, 0.717) is 28.9 Å². The van der Waals surface area contributed by atoms with Gasteiger partial charge in [0.2, 0.25) is 5.89 Å². The Kier molecular flexibility index (Phi) is 2.45. The van der Waals surface area contributed by atoms with Gasteiger partial charge >= 0.3 is 0 Å². The molecule has 0 aliphatic rings. The van der Waals surface area contributed by atoms with E-state index in [1.54, 1.807) is 12.1 Å². The lowest BCUT2D eigenvalue weighted by molar-refractivity contribution is 0.534. The normalized spacial score (nSPS) is 11.1. The van der Waals surface area contributed by atoms with Gasteiger partial charge in [-0.1, -0.05) is 0 Å². The molecular formula is C13H7F3N2O. The molecule has 3 aromatic rings. The predicted molar refractivity (Wildman–Crippen MR) is 63.7 cm³/mol. The molecule has 0 saturated carbocycles. The number of anilines is 1. The molecule has 0 radical (unpaired) electrons. The van der Waals surface area contributed by atoms with Gasteiger partial charge in [0.25, 0.3) is 0 Å². The Morgan fingerprint density at radius 1 is 1.00 bits per heavy atom. The summed E-state index contributed by atoms with van der Waals surface area (Å²) in [7, 11) is 0. The zero-order chi connectivity index (χ0) is 13.6. The first-order valence-electron chi connectivity index (χ1n) is 5.35. The van der Waals surface area contributed by atoms with E-state index in [9.17, 15) is 13.2 Å². The number of nitrogen functional groups attached to an aromatic ring is 1. The Morgan fingerprint density at radius 2 is 1.68 bits per heavy atom. The highest BCUT2D eigenvalue weighted by atomic mass is 19.1. The van der Waals surface area contributed by atoms with Crippen LogP contribution in [0.3, 0.4) is 0 Å². The van der Waals surface area contributed by atoms with Gasteiger partial charge < -0.3 is 10.2 Å². The molecule has 1 aromatic heterocycles. The average Bonchev–Trinajstić information content (AvgIpc) is 2.69. The van der Waals surface area contributed by atoms with Crippen LogP contribution in [0.1, 0.15) is 0 Å². The quantitative estimate of drug-likeness (QED) is 0.684. The molecule has 2 aromatic carbocycles. The van der Waals surface area contributed by atoms with Crippen LogP contribution in [0.25, 0.3) is 22.6 Å². The number of hydrogen-bond donors (Lipinski definition) is 1. The van der Waals surface area contributed by atoms with Crippen molar-refractivity contribution in [1.29, 1.82) is 0 Å². The Labute approximate surface area is 105 Å². The SMILES string of the molecule is Nc1ccc2nc(-c3c(F)cc(F)cc3F)oc2c1. The molecular weight excluding hydrogens is 257 g/mol. The number of fused-ring (bicyclic) bond motifs is 1. The molecule has 0 aliphatic carbocycles. The fraction of sp³-hybridized carbons (Fsp3) is 0. The van der Waals surface area contributed by atoms with Crippen molar-refractivity contribution in [1.82, 2.24) is 4.98 Å². The van der Waals surface area contributed by atoms with E-state index in [4.69, 9.17) is 10.2 Å². The second kappa shape index (κ2) is 4.01. The van der Waals surface area contributed by atoms with E-state index in [1.165, 1.54) is 6.07 Å². The summed E-state index contributed by atoms with van der Waals surface area (Å²) < 4.78 is 45.3. The van der Waals surface area contributed by atoms with Crippen molar-refractivity contribution < 1.29 is 17.6 Å².